The lowest BCUT2D eigenvalue weighted by Gasteiger charge is -2.12. The highest BCUT2D eigenvalue weighted by molar-refractivity contribution is 6.35. The molecular formula is C22H33BF2N3O+. The molecule has 0 atom stereocenters. The molecule has 1 aromatic heterocycles. The number of allylic oxidation sites excluding steroid dienone is 3. The highest BCUT2D eigenvalue weighted by atomic mass is 19.2. The molecule has 4 nitrogen and oxygen atoms in total. The second-order valence-electron chi connectivity index (χ2n) is 7.86. The molecule has 1 aromatic rings. The zero-order chi connectivity index (χ0) is 21.6. The molecule has 158 valence electrons. The first-order valence-electron chi connectivity index (χ1n) is 10.5. The fourth-order valence-electron chi connectivity index (χ4n) is 3.96. The number of aromatic nitrogens is 1. The van der Waals surface area contributed by atoms with E-state index in [1.807, 2.05) is 26.8 Å². The van der Waals surface area contributed by atoms with Gasteiger partial charge in [-0.15, -0.1) is 0 Å². The van der Waals surface area contributed by atoms with Crippen LogP contribution in [0.2, 0.25) is 0 Å². The summed E-state index contributed by atoms with van der Waals surface area (Å²) >= 11 is 0. The van der Waals surface area contributed by atoms with Crippen LogP contribution < -0.4 is 5.32 Å². The zero-order valence-corrected chi connectivity index (χ0v) is 18.3. The third-order valence-corrected chi connectivity index (χ3v) is 5.31. The maximum Gasteiger partial charge on any atom is 0.934 e. The molecule has 0 aliphatic carbocycles. The molecule has 0 saturated carbocycles. The van der Waals surface area contributed by atoms with Crippen LogP contribution in [0.1, 0.15) is 76.2 Å². The lowest BCUT2D eigenvalue weighted by Crippen LogP contribution is -2.26. The summed E-state index contributed by atoms with van der Waals surface area (Å²) in [5, 5.41) is 2.96. The monoisotopic (exact) mass is 404 g/mol. The van der Waals surface area contributed by atoms with Crippen molar-refractivity contribution >= 4 is 24.6 Å². The highest BCUT2D eigenvalue weighted by Gasteiger charge is 2.44. The van der Waals surface area contributed by atoms with E-state index in [4.69, 9.17) is 0 Å². The van der Waals surface area contributed by atoms with Crippen molar-refractivity contribution in [2.24, 2.45) is 0 Å². The summed E-state index contributed by atoms with van der Waals surface area (Å²) in [5.41, 5.74) is 5.40. The van der Waals surface area contributed by atoms with Crippen LogP contribution in [-0.2, 0) is 4.79 Å². The first-order chi connectivity index (χ1) is 13.8. The van der Waals surface area contributed by atoms with E-state index in [9.17, 15) is 13.4 Å². The smallest absolute Gasteiger partial charge is 0.359 e. The Labute approximate surface area is 173 Å². The molecule has 0 saturated heterocycles. The molecule has 0 spiro atoms. The van der Waals surface area contributed by atoms with Crippen LogP contribution in [0, 0.1) is 13.8 Å². The SMILES string of the molecule is CCCCCCNC(=O)CC/C(=C1\C(C)=CC(C)=[N+]1B(F)F)c1[nH]c(C)cc1C. The van der Waals surface area contributed by atoms with Crippen LogP contribution in [0.3, 0.4) is 0 Å². The van der Waals surface area contributed by atoms with Crippen molar-refractivity contribution in [3.05, 3.63) is 40.4 Å². The Kier molecular flexibility index (Phi) is 8.41. The minimum Gasteiger partial charge on any atom is -0.359 e. The Balaban J connectivity index is 2.26. The van der Waals surface area contributed by atoms with Crippen molar-refractivity contribution in [3.8, 4) is 0 Å². The molecule has 1 aliphatic heterocycles. The van der Waals surface area contributed by atoms with Gasteiger partial charge in [0.05, 0.1) is 5.69 Å². The number of rotatable bonds is 10. The zero-order valence-electron chi connectivity index (χ0n) is 18.3. The van der Waals surface area contributed by atoms with E-state index in [0.29, 0.717) is 24.4 Å². The first kappa shape index (κ1) is 23.1. The molecule has 0 fully saturated rings. The molecule has 2 heterocycles. The van der Waals surface area contributed by atoms with E-state index in [0.717, 1.165) is 51.8 Å². The number of aromatic amines is 1. The minimum atomic E-state index is -2.63. The molecule has 0 radical (unpaired) electrons. The van der Waals surface area contributed by atoms with Crippen molar-refractivity contribution in [1.82, 2.24) is 10.3 Å². The van der Waals surface area contributed by atoms with E-state index >= 15 is 0 Å². The van der Waals surface area contributed by atoms with Gasteiger partial charge in [-0.1, -0.05) is 26.2 Å². The van der Waals surface area contributed by atoms with Gasteiger partial charge in [0.15, 0.2) is 11.4 Å². The second kappa shape index (κ2) is 10.6. The Bertz CT molecular complexity index is 837. The van der Waals surface area contributed by atoms with Crippen LogP contribution in [0.4, 0.5) is 8.63 Å². The van der Waals surface area contributed by atoms with Crippen molar-refractivity contribution in [1.29, 1.82) is 0 Å². The number of amides is 1. The normalized spacial score (nSPS) is 15.6. The number of nitrogens with one attached hydrogen (secondary N) is 2. The van der Waals surface area contributed by atoms with Gasteiger partial charge in [0.1, 0.15) is 0 Å². The number of halogens is 2. The number of aryl methyl sites for hydroxylation is 2. The third-order valence-electron chi connectivity index (χ3n) is 5.31. The van der Waals surface area contributed by atoms with Crippen LogP contribution in [0.25, 0.3) is 5.57 Å². The largest absolute Gasteiger partial charge is 0.934 e. The number of nitrogens with zero attached hydrogens (tertiary/aromatic N) is 1. The van der Waals surface area contributed by atoms with Gasteiger partial charge in [0.2, 0.25) is 5.91 Å². The number of carbonyl (C=O) groups is 1. The van der Waals surface area contributed by atoms with Gasteiger partial charge in [0, 0.05) is 42.8 Å². The lowest BCUT2D eigenvalue weighted by atomic mass is 9.96. The van der Waals surface area contributed by atoms with Crippen molar-refractivity contribution in [3.63, 3.8) is 0 Å². The standard InChI is InChI=1S/C22H32BF2N3O/c1-6-7-8-9-12-26-20(29)11-10-19(21-15(2)13-17(4)27-21)22-16(3)14-18(5)28(22)23(24)25/h13-14H,6-12H2,1-5H3,(H,26,29)/p+1. The number of H-pyrrole nitrogens is 1. The predicted octanol–water partition coefficient (Wildman–Crippen LogP) is 5.18. The van der Waals surface area contributed by atoms with E-state index in [-0.39, 0.29) is 12.3 Å². The van der Waals surface area contributed by atoms with Crippen molar-refractivity contribution in [2.75, 3.05) is 6.54 Å². The van der Waals surface area contributed by atoms with Gasteiger partial charge in [-0.05, 0) is 45.2 Å². The molecule has 0 aromatic carbocycles. The minimum absolute atomic E-state index is 0.0375. The predicted molar refractivity (Wildman–Crippen MR) is 116 cm³/mol. The Morgan fingerprint density at radius 2 is 1.86 bits per heavy atom. The fraction of sp³-hybridized carbons (Fsp3) is 0.545. The average Bonchev–Trinajstić information content (AvgIpc) is 3.13. The lowest BCUT2D eigenvalue weighted by molar-refractivity contribution is -0.343. The summed E-state index contributed by atoms with van der Waals surface area (Å²) in [5.74, 6) is -0.0375. The quantitative estimate of drug-likeness (QED) is 0.410. The van der Waals surface area contributed by atoms with Gasteiger partial charge in [-0.2, -0.15) is 0 Å². The Morgan fingerprint density at radius 1 is 1.14 bits per heavy atom. The van der Waals surface area contributed by atoms with Gasteiger partial charge in [0.25, 0.3) is 0 Å². The summed E-state index contributed by atoms with van der Waals surface area (Å²) < 4.78 is 28.7. The summed E-state index contributed by atoms with van der Waals surface area (Å²) in [7, 11) is -2.63. The van der Waals surface area contributed by atoms with Crippen LogP contribution in [-0.4, -0.2) is 35.0 Å². The Morgan fingerprint density at radius 3 is 2.45 bits per heavy atom. The van der Waals surface area contributed by atoms with Crippen molar-refractivity contribution < 1.29 is 17.9 Å². The second-order valence-corrected chi connectivity index (χ2v) is 7.86. The molecule has 2 rings (SSSR count). The average molecular weight is 404 g/mol. The maximum absolute atomic E-state index is 13.8. The van der Waals surface area contributed by atoms with Crippen LogP contribution >= 0.6 is 0 Å². The maximum atomic E-state index is 13.8. The number of carbonyl (C=O) groups excluding carboxylic acids is 1. The van der Waals surface area contributed by atoms with E-state index in [1.54, 1.807) is 13.0 Å². The fourth-order valence-corrected chi connectivity index (χ4v) is 3.96. The highest BCUT2D eigenvalue weighted by Crippen LogP contribution is 2.33. The molecule has 29 heavy (non-hydrogen) atoms. The molecule has 2 N–H and O–H groups in total. The number of hydrogen-bond acceptors (Lipinski definition) is 1. The van der Waals surface area contributed by atoms with Crippen LogP contribution in [0.15, 0.2) is 23.4 Å². The van der Waals surface area contributed by atoms with Crippen molar-refractivity contribution in [2.45, 2.75) is 73.1 Å². The molecule has 0 unspecified atom stereocenters. The number of hydrogen-bond donors (Lipinski definition) is 2. The number of unbranched alkanes of at least 4 members (excludes halogenated alkanes) is 3. The third kappa shape index (κ3) is 5.90. The summed E-state index contributed by atoms with van der Waals surface area (Å²) in [6, 6.07) is 2.00. The first-order valence-corrected chi connectivity index (χ1v) is 10.5. The van der Waals surface area contributed by atoms with Gasteiger partial charge >= 0.3 is 7.40 Å². The molecule has 1 amide bonds. The molecule has 7 heteroatoms. The summed E-state index contributed by atoms with van der Waals surface area (Å²) in [6.45, 7) is 10.3. The summed E-state index contributed by atoms with van der Waals surface area (Å²) in [4.78, 5) is 15.7. The summed E-state index contributed by atoms with van der Waals surface area (Å²) in [6.07, 6.45) is 6.85. The van der Waals surface area contributed by atoms with Crippen LogP contribution in [0.5, 0.6) is 0 Å². The molecular weight excluding hydrogens is 371 g/mol. The van der Waals surface area contributed by atoms with E-state index in [1.165, 1.54) is 6.42 Å². The Hall–Kier alpha value is -2.18. The van der Waals surface area contributed by atoms with E-state index < -0.39 is 7.40 Å². The van der Waals surface area contributed by atoms with E-state index in [2.05, 4.69) is 17.2 Å². The molecule has 0 bridgehead atoms. The molecule has 1 aliphatic rings. The topological polar surface area (TPSA) is 47.9 Å². The van der Waals surface area contributed by atoms with Gasteiger partial charge in [-0.3, -0.25) is 4.79 Å². The van der Waals surface area contributed by atoms with Gasteiger partial charge in [-0.25, -0.2) is 13.1 Å². The van der Waals surface area contributed by atoms with Gasteiger partial charge < -0.3 is 10.3 Å².